The summed E-state index contributed by atoms with van der Waals surface area (Å²) in [6.45, 7) is 5.97. The van der Waals surface area contributed by atoms with Gasteiger partial charge in [-0.25, -0.2) is 14.6 Å². The lowest BCUT2D eigenvalue weighted by atomic mass is 10.1. The van der Waals surface area contributed by atoms with Gasteiger partial charge in [0, 0.05) is 23.7 Å². The van der Waals surface area contributed by atoms with Gasteiger partial charge < -0.3 is 10.1 Å². The highest BCUT2D eigenvalue weighted by atomic mass is 16.5. The normalized spacial score (nSPS) is 11.8. The second kappa shape index (κ2) is 7.35. The first-order valence-corrected chi connectivity index (χ1v) is 8.28. The summed E-state index contributed by atoms with van der Waals surface area (Å²) in [7, 11) is 1.48. The Labute approximate surface area is 152 Å². The second-order valence-electron chi connectivity index (χ2n) is 6.04. The van der Waals surface area contributed by atoms with E-state index in [9.17, 15) is 4.79 Å². The molecular weight excluding hydrogens is 330 g/mol. The van der Waals surface area contributed by atoms with E-state index >= 15 is 0 Å². The number of amides is 1. The Bertz CT molecular complexity index is 918. The molecule has 7 nitrogen and oxygen atoms in total. The zero-order valence-corrected chi connectivity index (χ0v) is 15.2. The lowest BCUT2D eigenvalue weighted by Gasteiger charge is -2.14. The van der Waals surface area contributed by atoms with Gasteiger partial charge in [0.25, 0.3) is 5.91 Å². The molecule has 0 saturated carbocycles. The Morgan fingerprint density at radius 2 is 1.85 bits per heavy atom. The first-order valence-electron chi connectivity index (χ1n) is 8.28. The van der Waals surface area contributed by atoms with Gasteiger partial charge in [-0.1, -0.05) is 18.2 Å². The van der Waals surface area contributed by atoms with Crippen LogP contribution in [0.2, 0.25) is 0 Å². The highest BCUT2D eigenvalue weighted by Gasteiger charge is 2.18. The topological polar surface area (TPSA) is 81.9 Å². The van der Waals surface area contributed by atoms with Crippen molar-refractivity contribution in [2.45, 2.75) is 26.8 Å². The van der Waals surface area contributed by atoms with E-state index in [4.69, 9.17) is 4.74 Å². The number of ether oxygens (including phenoxy) is 1. The van der Waals surface area contributed by atoms with E-state index < -0.39 is 0 Å². The van der Waals surface area contributed by atoms with Crippen LogP contribution in [0.5, 0.6) is 6.01 Å². The van der Waals surface area contributed by atoms with Crippen molar-refractivity contribution in [1.29, 1.82) is 0 Å². The summed E-state index contributed by atoms with van der Waals surface area (Å²) in [5, 5.41) is 7.45. The van der Waals surface area contributed by atoms with E-state index in [1.54, 1.807) is 6.20 Å². The molecule has 0 aliphatic heterocycles. The summed E-state index contributed by atoms with van der Waals surface area (Å²) in [5.41, 5.74) is 4.48. The minimum atomic E-state index is -0.247. The number of para-hydroxylation sites is 1. The van der Waals surface area contributed by atoms with Crippen molar-refractivity contribution in [2.75, 3.05) is 7.11 Å². The fourth-order valence-electron chi connectivity index (χ4n) is 2.79. The van der Waals surface area contributed by atoms with Gasteiger partial charge in [0.15, 0.2) is 0 Å². The average Bonchev–Trinajstić information content (AvgIpc) is 3.03. The number of hydrogen-bond acceptors (Lipinski definition) is 5. The molecular formula is C19H21N5O2. The van der Waals surface area contributed by atoms with E-state index in [2.05, 4.69) is 20.4 Å². The quantitative estimate of drug-likeness (QED) is 0.764. The third kappa shape index (κ3) is 3.42. The molecule has 3 aromatic rings. The van der Waals surface area contributed by atoms with Crippen LogP contribution in [0.4, 0.5) is 0 Å². The van der Waals surface area contributed by atoms with Crippen LogP contribution in [0, 0.1) is 13.8 Å². The van der Waals surface area contributed by atoms with Crippen LogP contribution in [-0.2, 0) is 0 Å². The molecule has 2 heterocycles. The molecule has 0 saturated heterocycles. The predicted molar refractivity (Wildman–Crippen MR) is 97.5 cm³/mol. The van der Waals surface area contributed by atoms with E-state index in [-0.39, 0.29) is 18.0 Å². The van der Waals surface area contributed by atoms with Gasteiger partial charge >= 0.3 is 6.01 Å². The number of carbonyl (C=O) groups excluding carboxylic acids is 1. The Hall–Kier alpha value is -3.22. The summed E-state index contributed by atoms with van der Waals surface area (Å²) in [4.78, 5) is 20.3. The molecule has 0 radical (unpaired) electrons. The van der Waals surface area contributed by atoms with Crippen LogP contribution in [0.1, 0.15) is 40.1 Å². The number of aryl methyl sites for hydroxylation is 1. The summed E-state index contributed by atoms with van der Waals surface area (Å²) < 4.78 is 6.80. The molecule has 0 fully saturated rings. The summed E-state index contributed by atoms with van der Waals surface area (Å²) in [6.07, 6.45) is 4.67. The minimum absolute atomic E-state index is 0.206. The number of nitrogens with zero attached hydrogens (tertiary/aromatic N) is 4. The number of carbonyl (C=O) groups is 1. The third-order valence-corrected chi connectivity index (χ3v) is 4.28. The third-order valence-electron chi connectivity index (χ3n) is 4.28. The fourth-order valence-corrected chi connectivity index (χ4v) is 2.79. The monoisotopic (exact) mass is 351 g/mol. The van der Waals surface area contributed by atoms with Gasteiger partial charge in [-0.15, -0.1) is 0 Å². The smallest absolute Gasteiger partial charge is 0.316 e. The number of hydrogen-bond donors (Lipinski definition) is 1. The van der Waals surface area contributed by atoms with Crippen LogP contribution >= 0.6 is 0 Å². The molecule has 0 aliphatic carbocycles. The van der Waals surface area contributed by atoms with Crippen molar-refractivity contribution in [3.8, 4) is 11.7 Å². The maximum atomic E-state index is 12.4. The maximum Gasteiger partial charge on any atom is 0.316 e. The van der Waals surface area contributed by atoms with E-state index in [1.165, 1.54) is 19.5 Å². The highest BCUT2D eigenvalue weighted by molar-refractivity contribution is 5.93. The van der Waals surface area contributed by atoms with Crippen LogP contribution in [0.15, 0.2) is 42.9 Å². The van der Waals surface area contributed by atoms with E-state index in [0.717, 1.165) is 22.5 Å². The van der Waals surface area contributed by atoms with Gasteiger partial charge in [0.2, 0.25) is 0 Å². The summed E-state index contributed by atoms with van der Waals surface area (Å²) >= 11 is 0. The molecule has 1 N–H and O–H groups in total. The summed E-state index contributed by atoms with van der Waals surface area (Å²) in [5.74, 6) is -0.247. The van der Waals surface area contributed by atoms with Crippen molar-refractivity contribution >= 4 is 5.91 Å². The van der Waals surface area contributed by atoms with Gasteiger partial charge in [-0.3, -0.25) is 4.79 Å². The zero-order valence-electron chi connectivity index (χ0n) is 15.2. The molecule has 7 heteroatoms. The van der Waals surface area contributed by atoms with Crippen molar-refractivity contribution in [2.24, 2.45) is 0 Å². The van der Waals surface area contributed by atoms with Crippen molar-refractivity contribution in [1.82, 2.24) is 25.1 Å². The van der Waals surface area contributed by atoms with Crippen molar-refractivity contribution in [3.05, 3.63) is 65.2 Å². The number of rotatable bonds is 5. The van der Waals surface area contributed by atoms with Crippen LogP contribution < -0.4 is 10.1 Å². The Morgan fingerprint density at radius 3 is 2.50 bits per heavy atom. The molecule has 26 heavy (non-hydrogen) atoms. The van der Waals surface area contributed by atoms with Crippen LogP contribution in [0.3, 0.4) is 0 Å². The standard InChI is InChI=1S/C19H21N5O2/c1-12-7-5-6-8-17(12)24-14(3)16(11-22-24)13(2)23-18(25)15-9-20-19(26-4)21-10-15/h5-11,13H,1-4H3,(H,23,25)/t13-/m0/s1. The zero-order chi connectivity index (χ0) is 18.7. The van der Waals surface area contributed by atoms with Gasteiger partial charge in [0.05, 0.1) is 30.6 Å². The molecule has 1 atom stereocenters. The van der Waals surface area contributed by atoms with Gasteiger partial charge in [-0.2, -0.15) is 5.10 Å². The molecule has 0 spiro atoms. The molecule has 3 rings (SSSR count). The largest absolute Gasteiger partial charge is 0.467 e. The van der Waals surface area contributed by atoms with E-state index in [0.29, 0.717) is 5.56 Å². The van der Waals surface area contributed by atoms with Crippen LogP contribution in [0.25, 0.3) is 5.69 Å². The number of aromatic nitrogens is 4. The van der Waals surface area contributed by atoms with Gasteiger partial charge in [-0.05, 0) is 32.4 Å². The number of methoxy groups -OCH3 is 1. The molecule has 0 unspecified atom stereocenters. The van der Waals surface area contributed by atoms with Crippen molar-refractivity contribution < 1.29 is 9.53 Å². The molecule has 1 amide bonds. The first kappa shape index (κ1) is 17.6. The first-order chi connectivity index (χ1) is 12.5. The molecule has 2 aromatic heterocycles. The fraction of sp³-hybridized carbons (Fsp3) is 0.263. The highest BCUT2D eigenvalue weighted by Crippen LogP contribution is 2.22. The molecule has 0 bridgehead atoms. The molecule has 0 aliphatic rings. The summed E-state index contributed by atoms with van der Waals surface area (Å²) in [6, 6.07) is 8.07. The SMILES string of the molecule is COc1ncc(C(=O)N[C@@H](C)c2cnn(-c3ccccc3C)c2C)cn1. The Balaban J connectivity index is 1.79. The lowest BCUT2D eigenvalue weighted by Crippen LogP contribution is -2.27. The van der Waals surface area contributed by atoms with Gasteiger partial charge in [0.1, 0.15) is 0 Å². The molecule has 1 aromatic carbocycles. The Morgan fingerprint density at radius 1 is 1.15 bits per heavy atom. The minimum Gasteiger partial charge on any atom is -0.467 e. The second-order valence-corrected chi connectivity index (χ2v) is 6.04. The Kier molecular flexibility index (Phi) is 4.97. The maximum absolute atomic E-state index is 12.4. The average molecular weight is 351 g/mol. The lowest BCUT2D eigenvalue weighted by molar-refractivity contribution is 0.0939. The van der Waals surface area contributed by atoms with E-state index in [1.807, 2.05) is 49.7 Å². The number of nitrogens with one attached hydrogen (secondary N) is 1. The van der Waals surface area contributed by atoms with Crippen LogP contribution in [-0.4, -0.2) is 32.8 Å². The number of benzene rings is 1. The van der Waals surface area contributed by atoms with Crippen molar-refractivity contribution in [3.63, 3.8) is 0 Å². The predicted octanol–water partition coefficient (Wildman–Crippen LogP) is 2.78. The molecule has 134 valence electrons.